The van der Waals surface area contributed by atoms with Crippen molar-refractivity contribution in [1.29, 1.82) is 5.26 Å². The molecule has 0 aliphatic carbocycles. The standard InChI is InChI=1S/C10H9F3N2/c11-10(12,13)8-2-4-9(5-3-8)15-7-1-6-14/h2-5,15H,1,7H2. The first-order valence-electron chi connectivity index (χ1n) is 4.32. The number of hydrogen-bond donors (Lipinski definition) is 1. The van der Waals surface area contributed by atoms with E-state index in [1.807, 2.05) is 6.07 Å². The van der Waals surface area contributed by atoms with Crippen molar-refractivity contribution in [2.45, 2.75) is 12.6 Å². The molecule has 2 nitrogen and oxygen atoms in total. The van der Waals surface area contributed by atoms with Crippen LogP contribution in [0.1, 0.15) is 12.0 Å². The maximum absolute atomic E-state index is 12.2. The van der Waals surface area contributed by atoms with E-state index in [1.165, 1.54) is 12.1 Å². The lowest BCUT2D eigenvalue weighted by atomic mass is 10.2. The van der Waals surface area contributed by atoms with Crippen molar-refractivity contribution in [3.05, 3.63) is 29.8 Å². The third-order valence-corrected chi connectivity index (χ3v) is 1.78. The van der Waals surface area contributed by atoms with Gasteiger partial charge in [0.25, 0.3) is 0 Å². The van der Waals surface area contributed by atoms with Crippen LogP contribution in [0.5, 0.6) is 0 Å². The Balaban J connectivity index is 2.61. The van der Waals surface area contributed by atoms with Gasteiger partial charge in [0.05, 0.1) is 18.1 Å². The van der Waals surface area contributed by atoms with Gasteiger partial charge < -0.3 is 5.32 Å². The molecule has 0 heterocycles. The molecule has 0 bridgehead atoms. The van der Waals surface area contributed by atoms with Gasteiger partial charge in [-0.15, -0.1) is 0 Å². The largest absolute Gasteiger partial charge is 0.416 e. The highest BCUT2D eigenvalue weighted by atomic mass is 19.4. The Labute approximate surface area is 85.3 Å². The highest BCUT2D eigenvalue weighted by Gasteiger charge is 2.29. The van der Waals surface area contributed by atoms with Crippen molar-refractivity contribution in [2.75, 3.05) is 11.9 Å². The molecule has 0 aliphatic heterocycles. The molecular weight excluding hydrogens is 205 g/mol. The van der Waals surface area contributed by atoms with Crippen molar-refractivity contribution in [3.63, 3.8) is 0 Å². The van der Waals surface area contributed by atoms with E-state index in [4.69, 9.17) is 5.26 Å². The molecule has 1 N–H and O–H groups in total. The van der Waals surface area contributed by atoms with Crippen LogP contribution >= 0.6 is 0 Å². The summed E-state index contributed by atoms with van der Waals surface area (Å²) >= 11 is 0. The number of nitriles is 1. The highest BCUT2D eigenvalue weighted by molar-refractivity contribution is 5.45. The smallest absolute Gasteiger partial charge is 0.384 e. The first kappa shape index (κ1) is 11.4. The van der Waals surface area contributed by atoms with Crippen LogP contribution in [0.2, 0.25) is 0 Å². The first-order valence-corrected chi connectivity index (χ1v) is 4.32. The van der Waals surface area contributed by atoms with Gasteiger partial charge in [-0.25, -0.2) is 0 Å². The average molecular weight is 214 g/mol. The highest BCUT2D eigenvalue weighted by Crippen LogP contribution is 2.29. The third kappa shape index (κ3) is 3.50. The molecule has 5 heteroatoms. The second-order valence-electron chi connectivity index (χ2n) is 2.91. The molecule has 0 atom stereocenters. The molecule has 0 saturated heterocycles. The number of rotatable bonds is 3. The minimum absolute atomic E-state index is 0.320. The number of nitrogens with zero attached hydrogens (tertiary/aromatic N) is 1. The Hall–Kier alpha value is -1.70. The lowest BCUT2D eigenvalue weighted by Crippen LogP contribution is -2.05. The number of nitrogens with one attached hydrogen (secondary N) is 1. The van der Waals surface area contributed by atoms with Crippen molar-refractivity contribution < 1.29 is 13.2 Å². The molecule has 0 unspecified atom stereocenters. The summed E-state index contributed by atoms with van der Waals surface area (Å²) in [5.74, 6) is 0. The van der Waals surface area contributed by atoms with Gasteiger partial charge in [0, 0.05) is 12.2 Å². The Bertz CT molecular complexity index is 348. The minimum Gasteiger partial charge on any atom is -0.384 e. The number of anilines is 1. The molecule has 0 aromatic heterocycles. The second-order valence-corrected chi connectivity index (χ2v) is 2.91. The fraction of sp³-hybridized carbons (Fsp3) is 0.300. The van der Waals surface area contributed by atoms with Gasteiger partial charge in [0.1, 0.15) is 0 Å². The van der Waals surface area contributed by atoms with Gasteiger partial charge in [-0.3, -0.25) is 0 Å². The summed E-state index contributed by atoms with van der Waals surface area (Å²) in [7, 11) is 0. The first-order chi connectivity index (χ1) is 7.04. The van der Waals surface area contributed by atoms with Crippen LogP contribution in [-0.2, 0) is 6.18 Å². The molecule has 80 valence electrons. The van der Waals surface area contributed by atoms with E-state index < -0.39 is 11.7 Å². The van der Waals surface area contributed by atoms with E-state index >= 15 is 0 Å². The van der Waals surface area contributed by atoms with E-state index in [1.54, 1.807) is 0 Å². The topological polar surface area (TPSA) is 35.8 Å². The lowest BCUT2D eigenvalue weighted by Gasteiger charge is -2.08. The Morgan fingerprint density at radius 2 is 1.80 bits per heavy atom. The maximum atomic E-state index is 12.2. The lowest BCUT2D eigenvalue weighted by molar-refractivity contribution is -0.137. The van der Waals surface area contributed by atoms with Gasteiger partial charge in [-0.05, 0) is 24.3 Å². The predicted octanol–water partition coefficient (Wildman–Crippen LogP) is 3.03. The van der Waals surface area contributed by atoms with Crippen LogP contribution in [-0.4, -0.2) is 6.54 Å². The van der Waals surface area contributed by atoms with Crippen LogP contribution in [0.25, 0.3) is 0 Å². The molecular formula is C10H9F3N2. The summed E-state index contributed by atoms with van der Waals surface area (Å²) in [5, 5.41) is 11.1. The molecule has 0 amide bonds. The normalized spacial score (nSPS) is 10.8. The zero-order valence-corrected chi connectivity index (χ0v) is 7.80. The number of alkyl halides is 3. The molecule has 0 spiro atoms. The Morgan fingerprint density at radius 3 is 2.27 bits per heavy atom. The molecule has 0 fully saturated rings. The van der Waals surface area contributed by atoms with Crippen molar-refractivity contribution >= 4 is 5.69 Å². The maximum Gasteiger partial charge on any atom is 0.416 e. The van der Waals surface area contributed by atoms with Gasteiger partial charge in [-0.1, -0.05) is 0 Å². The van der Waals surface area contributed by atoms with Gasteiger partial charge in [0.15, 0.2) is 0 Å². The zero-order chi connectivity index (χ0) is 11.3. The van der Waals surface area contributed by atoms with E-state index in [0.29, 0.717) is 18.7 Å². The summed E-state index contributed by atoms with van der Waals surface area (Å²) in [6, 6.07) is 6.64. The van der Waals surface area contributed by atoms with Gasteiger partial charge >= 0.3 is 6.18 Å². The Kier molecular flexibility index (Phi) is 3.56. The van der Waals surface area contributed by atoms with Gasteiger partial charge in [-0.2, -0.15) is 18.4 Å². The number of hydrogen-bond acceptors (Lipinski definition) is 2. The van der Waals surface area contributed by atoms with Crippen molar-refractivity contribution in [3.8, 4) is 6.07 Å². The average Bonchev–Trinajstić information content (AvgIpc) is 2.18. The summed E-state index contributed by atoms with van der Waals surface area (Å²) in [5.41, 5.74) is -0.0911. The molecule has 0 saturated carbocycles. The monoisotopic (exact) mass is 214 g/mol. The summed E-state index contributed by atoms with van der Waals surface area (Å²) in [4.78, 5) is 0. The van der Waals surface area contributed by atoms with Crippen molar-refractivity contribution in [1.82, 2.24) is 0 Å². The predicted molar refractivity (Wildman–Crippen MR) is 50.2 cm³/mol. The van der Waals surface area contributed by atoms with E-state index in [0.717, 1.165) is 12.1 Å². The quantitative estimate of drug-likeness (QED) is 0.785. The van der Waals surface area contributed by atoms with Crippen LogP contribution < -0.4 is 5.32 Å². The summed E-state index contributed by atoms with van der Waals surface area (Å²) in [6.07, 6.45) is -3.98. The Morgan fingerprint density at radius 1 is 1.20 bits per heavy atom. The zero-order valence-electron chi connectivity index (χ0n) is 7.80. The number of benzene rings is 1. The molecule has 1 rings (SSSR count). The van der Waals surface area contributed by atoms with Crippen LogP contribution in [0.3, 0.4) is 0 Å². The molecule has 15 heavy (non-hydrogen) atoms. The van der Waals surface area contributed by atoms with E-state index in [-0.39, 0.29) is 0 Å². The van der Waals surface area contributed by atoms with Crippen LogP contribution in [0.15, 0.2) is 24.3 Å². The third-order valence-electron chi connectivity index (χ3n) is 1.78. The summed E-state index contributed by atoms with van der Waals surface area (Å²) < 4.78 is 36.5. The van der Waals surface area contributed by atoms with Crippen LogP contribution in [0, 0.1) is 11.3 Å². The fourth-order valence-electron chi connectivity index (χ4n) is 1.04. The van der Waals surface area contributed by atoms with Crippen molar-refractivity contribution in [2.24, 2.45) is 0 Å². The minimum atomic E-state index is -4.30. The molecule has 1 aromatic rings. The van der Waals surface area contributed by atoms with E-state index in [9.17, 15) is 13.2 Å². The second kappa shape index (κ2) is 4.69. The SMILES string of the molecule is N#CCCNc1ccc(C(F)(F)F)cc1. The van der Waals surface area contributed by atoms with Gasteiger partial charge in [0.2, 0.25) is 0 Å². The summed E-state index contributed by atoms with van der Waals surface area (Å²) in [6.45, 7) is 0.432. The fourth-order valence-corrected chi connectivity index (χ4v) is 1.04. The molecule has 0 aliphatic rings. The number of halogens is 3. The molecule has 1 aromatic carbocycles. The molecule has 0 radical (unpaired) electrons. The van der Waals surface area contributed by atoms with Crippen LogP contribution in [0.4, 0.5) is 18.9 Å². The van der Waals surface area contributed by atoms with E-state index in [2.05, 4.69) is 5.32 Å².